The van der Waals surface area contributed by atoms with Crippen LogP contribution < -0.4 is 10.6 Å². The first-order valence-electron chi connectivity index (χ1n) is 5.82. The second kappa shape index (κ2) is 9.35. The number of carbonyl (C=O) groups excluding carboxylic acids is 2. The molecule has 0 aliphatic rings. The monoisotopic (exact) mass is 305 g/mol. The fourth-order valence-electron chi connectivity index (χ4n) is 1.52. The van der Waals surface area contributed by atoms with E-state index in [2.05, 4.69) is 15.4 Å². The van der Waals surface area contributed by atoms with Crippen molar-refractivity contribution in [1.29, 1.82) is 0 Å². The Morgan fingerprint density at radius 2 is 2.05 bits per heavy atom. The number of amides is 1. The molecule has 1 heterocycles. The van der Waals surface area contributed by atoms with Crippen LogP contribution in [0.3, 0.4) is 0 Å². The van der Waals surface area contributed by atoms with E-state index in [1.807, 2.05) is 0 Å². The molecule has 0 spiro atoms. The Bertz CT molecular complexity index is 448. The fourth-order valence-corrected chi connectivity index (χ4v) is 1.52. The van der Waals surface area contributed by atoms with Crippen molar-refractivity contribution in [2.45, 2.75) is 0 Å². The van der Waals surface area contributed by atoms with Crippen molar-refractivity contribution in [3.05, 3.63) is 18.0 Å². The van der Waals surface area contributed by atoms with Crippen LogP contribution in [-0.2, 0) is 21.3 Å². The molecule has 0 bridgehead atoms. The van der Waals surface area contributed by atoms with Crippen LogP contribution in [-0.4, -0.2) is 50.4 Å². The summed E-state index contributed by atoms with van der Waals surface area (Å²) in [5.74, 6) is -0.626. The Morgan fingerprint density at radius 3 is 2.65 bits per heavy atom. The van der Waals surface area contributed by atoms with Crippen LogP contribution in [0.15, 0.2) is 12.3 Å². The van der Waals surface area contributed by atoms with Gasteiger partial charge in [-0.2, -0.15) is 0 Å². The summed E-state index contributed by atoms with van der Waals surface area (Å²) in [6.07, 6.45) is 1.65. The lowest BCUT2D eigenvalue weighted by atomic mass is 10.4. The molecular formula is C12H20ClN3O4. The van der Waals surface area contributed by atoms with Gasteiger partial charge < -0.3 is 24.7 Å². The van der Waals surface area contributed by atoms with Gasteiger partial charge in [-0.25, -0.2) is 4.79 Å². The maximum atomic E-state index is 11.6. The highest BCUT2D eigenvalue weighted by Gasteiger charge is 2.13. The van der Waals surface area contributed by atoms with Crippen LogP contribution in [0, 0.1) is 0 Å². The van der Waals surface area contributed by atoms with Gasteiger partial charge in [-0.05, 0) is 6.07 Å². The zero-order valence-electron chi connectivity index (χ0n) is 11.8. The molecule has 0 aliphatic carbocycles. The van der Waals surface area contributed by atoms with Gasteiger partial charge in [0, 0.05) is 26.9 Å². The first kappa shape index (κ1) is 18.4. The molecule has 1 amide bonds. The molecule has 0 fully saturated rings. The normalized spacial score (nSPS) is 9.75. The van der Waals surface area contributed by atoms with Crippen molar-refractivity contribution < 1.29 is 19.1 Å². The van der Waals surface area contributed by atoms with Gasteiger partial charge >= 0.3 is 5.97 Å². The number of nitrogens with zero attached hydrogens (tertiary/aromatic N) is 1. The van der Waals surface area contributed by atoms with Gasteiger partial charge in [-0.1, -0.05) is 0 Å². The molecule has 1 aromatic heterocycles. The van der Waals surface area contributed by atoms with Crippen molar-refractivity contribution in [2.24, 2.45) is 7.05 Å². The highest BCUT2D eigenvalue weighted by Crippen LogP contribution is 2.13. The number of hydrogen-bond donors (Lipinski definition) is 2. The van der Waals surface area contributed by atoms with E-state index in [0.29, 0.717) is 24.5 Å². The number of carbonyl (C=O) groups is 2. The van der Waals surface area contributed by atoms with Gasteiger partial charge in [-0.3, -0.25) is 4.79 Å². The van der Waals surface area contributed by atoms with E-state index in [9.17, 15) is 9.59 Å². The molecule has 0 aromatic carbocycles. The summed E-state index contributed by atoms with van der Waals surface area (Å²) in [7, 11) is 4.62. The standard InChI is InChI=1S/C12H19N3O4.ClH/c1-15-8-9(6-10(15)12(17)19-3)14-11(16)7-13-4-5-18-2;/h6,8,13H,4-5,7H2,1-3H3,(H,14,16);1H. The number of methoxy groups -OCH3 is 2. The summed E-state index contributed by atoms with van der Waals surface area (Å²) < 4.78 is 11.1. The molecule has 0 unspecified atom stereocenters. The van der Waals surface area contributed by atoms with Crippen LogP contribution >= 0.6 is 12.4 Å². The summed E-state index contributed by atoms with van der Waals surface area (Å²) in [5.41, 5.74) is 0.937. The van der Waals surface area contributed by atoms with E-state index >= 15 is 0 Å². The molecule has 2 N–H and O–H groups in total. The molecule has 0 saturated carbocycles. The van der Waals surface area contributed by atoms with E-state index in [0.717, 1.165) is 0 Å². The quantitative estimate of drug-likeness (QED) is 0.563. The van der Waals surface area contributed by atoms with Crippen LogP contribution in [0.5, 0.6) is 0 Å². The molecule has 114 valence electrons. The Labute approximate surface area is 124 Å². The molecule has 1 rings (SSSR count). The average Bonchev–Trinajstić information content (AvgIpc) is 2.74. The van der Waals surface area contributed by atoms with Crippen molar-refractivity contribution in [2.75, 3.05) is 39.2 Å². The highest BCUT2D eigenvalue weighted by molar-refractivity contribution is 5.95. The average molecular weight is 306 g/mol. The maximum absolute atomic E-state index is 11.6. The lowest BCUT2D eigenvalue weighted by Gasteiger charge is -2.04. The van der Waals surface area contributed by atoms with Crippen molar-refractivity contribution in [3.63, 3.8) is 0 Å². The summed E-state index contributed by atoms with van der Waals surface area (Å²) in [5, 5.41) is 5.61. The van der Waals surface area contributed by atoms with Crippen LogP contribution in [0.25, 0.3) is 0 Å². The van der Waals surface area contributed by atoms with Gasteiger partial charge in [0.1, 0.15) is 5.69 Å². The first-order valence-corrected chi connectivity index (χ1v) is 5.82. The summed E-state index contributed by atoms with van der Waals surface area (Å²) in [4.78, 5) is 23.0. The minimum Gasteiger partial charge on any atom is -0.464 e. The second-order valence-corrected chi connectivity index (χ2v) is 3.93. The molecular weight excluding hydrogens is 286 g/mol. The van der Waals surface area contributed by atoms with Crippen molar-refractivity contribution >= 4 is 30.0 Å². The lowest BCUT2D eigenvalue weighted by Crippen LogP contribution is -2.30. The largest absolute Gasteiger partial charge is 0.464 e. The number of aromatic nitrogens is 1. The zero-order chi connectivity index (χ0) is 14.3. The Kier molecular flexibility index (Phi) is 8.62. The fraction of sp³-hybridized carbons (Fsp3) is 0.500. The Morgan fingerprint density at radius 1 is 1.35 bits per heavy atom. The summed E-state index contributed by atoms with van der Waals surface area (Å²) >= 11 is 0. The molecule has 0 radical (unpaired) electrons. The second-order valence-electron chi connectivity index (χ2n) is 3.93. The summed E-state index contributed by atoms with van der Waals surface area (Å²) in [6.45, 7) is 1.34. The number of hydrogen-bond acceptors (Lipinski definition) is 5. The SMILES string of the molecule is COCCNCC(=O)Nc1cc(C(=O)OC)n(C)c1.Cl. The zero-order valence-corrected chi connectivity index (χ0v) is 12.6. The number of halogens is 1. The lowest BCUT2D eigenvalue weighted by molar-refractivity contribution is -0.115. The molecule has 8 heteroatoms. The maximum Gasteiger partial charge on any atom is 0.354 e. The predicted octanol–water partition coefficient (Wildman–Crippen LogP) is 0.408. The first-order chi connectivity index (χ1) is 9.08. The van der Waals surface area contributed by atoms with E-state index in [1.54, 1.807) is 31.0 Å². The third-order valence-corrected chi connectivity index (χ3v) is 2.45. The molecule has 0 saturated heterocycles. The molecule has 1 aromatic rings. The van der Waals surface area contributed by atoms with Gasteiger partial charge in [0.2, 0.25) is 5.91 Å². The van der Waals surface area contributed by atoms with Crippen molar-refractivity contribution in [1.82, 2.24) is 9.88 Å². The van der Waals surface area contributed by atoms with Crippen LogP contribution in [0.4, 0.5) is 5.69 Å². The number of rotatable bonds is 7. The van der Waals surface area contributed by atoms with Crippen LogP contribution in [0.1, 0.15) is 10.5 Å². The van der Waals surface area contributed by atoms with Crippen LogP contribution in [0.2, 0.25) is 0 Å². The number of ether oxygens (including phenoxy) is 2. The molecule has 0 aliphatic heterocycles. The number of esters is 1. The highest BCUT2D eigenvalue weighted by atomic mass is 35.5. The summed E-state index contributed by atoms with van der Waals surface area (Å²) in [6, 6.07) is 1.57. The van der Waals surface area contributed by atoms with E-state index in [4.69, 9.17) is 4.74 Å². The number of nitrogens with one attached hydrogen (secondary N) is 2. The van der Waals surface area contributed by atoms with Gasteiger partial charge in [0.05, 0.1) is 25.9 Å². The topological polar surface area (TPSA) is 81.6 Å². The van der Waals surface area contributed by atoms with Gasteiger partial charge in [0.15, 0.2) is 0 Å². The minimum atomic E-state index is -0.443. The minimum absolute atomic E-state index is 0. The van der Waals surface area contributed by atoms with E-state index in [1.165, 1.54) is 7.11 Å². The third kappa shape index (κ3) is 5.60. The Balaban J connectivity index is 0.00000361. The Hall–Kier alpha value is -1.57. The van der Waals surface area contributed by atoms with Crippen molar-refractivity contribution in [3.8, 4) is 0 Å². The molecule has 20 heavy (non-hydrogen) atoms. The van der Waals surface area contributed by atoms with E-state index in [-0.39, 0.29) is 24.9 Å². The molecule has 0 atom stereocenters. The van der Waals surface area contributed by atoms with Gasteiger partial charge in [0.25, 0.3) is 0 Å². The third-order valence-electron chi connectivity index (χ3n) is 2.45. The predicted molar refractivity (Wildman–Crippen MR) is 77.4 cm³/mol. The van der Waals surface area contributed by atoms with E-state index < -0.39 is 5.97 Å². The number of aryl methyl sites for hydroxylation is 1. The number of anilines is 1. The van der Waals surface area contributed by atoms with Gasteiger partial charge in [-0.15, -0.1) is 12.4 Å². The smallest absolute Gasteiger partial charge is 0.354 e. The molecule has 7 nitrogen and oxygen atoms in total.